The van der Waals surface area contributed by atoms with Gasteiger partial charge in [-0.3, -0.25) is 4.79 Å². The molecule has 1 aromatic carbocycles. The first-order valence-electron chi connectivity index (χ1n) is 21.5. The maximum absolute atomic E-state index is 13.2. The van der Waals surface area contributed by atoms with Crippen LogP contribution in [-0.2, 0) is 9.47 Å². The van der Waals surface area contributed by atoms with Gasteiger partial charge >= 0.3 is 0 Å². The standard InChI is InChI=1S/C43H77NO9/c1-3-5-7-9-11-13-15-17-20-24-28-50-36-31-35(32-37(33-36)51-29-25-21-18-16-14-12-10-8-6-4-2)42(49)44-27-23-19-22-26-30-52-43-41(48)40(47)39(46)38(34-45)53-43/h31-33,38-41,43,45-48H,3-30,34H2,1-2H3,(H,44,49)/t38-,39-,40+,41-,43-/m1/s1. The third-order valence-electron chi connectivity index (χ3n) is 10.2. The van der Waals surface area contributed by atoms with Crippen LogP contribution in [0.15, 0.2) is 18.2 Å². The van der Waals surface area contributed by atoms with Gasteiger partial charge in [-0.25, -0.2) is 0 Å². The van der Waals surface area contributed by atoms with Crippen LogP contribution in [0.5, 0.6) is 11.5 Å². The minimum Gasteiger partial charge on any atom is -0.493 e. The molecule has 10 nitrogen and oxygen atoms in total. The Labute approximate surface area is 321 Å². The largest absolute Gasteiger partial charge is 0.493 e. The second-order valence-corrected chi connectivity index (χ2v) is 15.0. The van der Waals surface area contributed by atoms with Crippen molar-refractivity contribution in [1.29, 1.82) is 0 Å². The third kappa shape index (κ3) is 21.7. The van der Waals surface area contributed by atoms with E-state index in [1.54, 1.807) is 0 Å². The van der Waals surface area contributed by atoms with Crippen LogP contribution in [0.25, 0.3) is 0 Å². The summed E-state index contributed by atoms with van der Waals surface area (Å²) in [6.07, 6.45) is 22.3. The predicted molar refractivity (Wildman–Crippen MR) is 212 cm³/mol. The van der Waals surface area contributed by atoms with Crippen molar-refractivity contribution in [2.75, 3.05) is 33.0 Å². The fourth-order valence-electron chi connectivity index (χ4n) is 6.72. The van der Waals surface area contributed by atoms with E-state index in [4.69, 9.17) is 18.9 Å². The Kier molecular flexibility index (Phi) is 27.9. The molecule has 1 aliphatic rings. The van der Waals surface area contributed by atoms with Crippen LogP contribution >= 0.6 is 0 Å². The third-order valence-corrected chi connectivity index (χ3v) is 10.2. The highest BCUT2D eigenvalue weighted by atomic mass is 16.7. The molecule has 0 aliphatic carbocycles. The number of unbranched alkanes of at least 4 members (excludes halogenated alkanes) is 21. The second kappa shape index (κ2) is 31.3. The molecular weight excluding hydrogens is 674 g/mol. The highest BCUT2D eigenvalue weighted by Gasteiger charge is 2.43. The van der Waals surface area contributed by atoms with E-state index >= 15 is 0 Å². The van der Waals surface area contributed by atoms with E-state index in [1.807, 2.05) is 18.2 Å². The van der Waals surface area contributed by atoms with Crippen molar-refractivity contribution in [3.8, 4) is 11.5 Å². The topological polar surface area (TPSA) is 147 Å². The van der Waals surface area contributed by atoms with Gasteiger partial charge in [0.2, 0.25) is 0 Å². The smallest absolute Gasteiger partial charge is 0.251 e. The molecule has 308 valence electrons. The normalized spacial score (nSPS) is 20.1. The highest BCUT2D eigenvalue weighted by Crippen LogP contribution is 2.25. The molecule has 1 fully saturated rings. The zero-order chi connectivity index (χ0) is 38.4. The first-order chi connectivity index (χ1) is 25.9. The maximum atomic E-state index is 13.2. The second-order valence-electron chi connectivity index (χ2n) is 15.0. The molecule has 10 heteroatoms. The van der Waals surface area contributed by atoms with Crippen LogP contribution < -0.4 is 14.8 Å². The highest BCUT2D eigenvalue weighted by molar-refractivity contribution is 5.95. The van der Waals surface area contributed by atoms with Crippen LogP contribution in [0.3, 0.4) is 0 Å². The van der Waals surface area contributed by atoms with E-state index in [1.165, 1.54) is 103 Å². The monoisotopic (exact) mass is 752 g/mol. The lowest BCUT2D eigenvalue weighted by molar-refractivity contribution is -0.301. The molecule has 0 unspecified atom stereocenters. The Morgan fingerprint density at radius 2 is 1.02 bits per heavy atom. The number of hydrogen-bond donors (Lipinski definition) is 5. The quantitative estimate of drug-likeness (QED) is 0.0438. The predicted octanol–water partition coefficient (Wildman–Crippen LogP) is 8.39. The minimum atomic E-state index is -1.45. The van der Waals surface area contributed by atoms with Crippen LogP contribution in [0.4, 0.5) is 0 Å². The van der Waals surface area contributed by atoms with E-state index in [0.717, 1.165) is 44.9 Å². The van der Waals surface area contributed by atoms with E-state index in [-0.39, 0.29) is 5.91 Å². The average Bonchev–Trinajstić information content (AvgIpc) is 3.16. The van der Waals surface area contributed by atoms with E-state index in [9.17, 15) is 25.2 Å². The zero-order valence-electron chi connectivity index (χ0n) is 33.5. The first kappa shape index (κ1) is 47.2. The fraction of sp³-hybridized carbons (Fsp3) is 0.837. The Bertz CT molecular complexity index is 981. The molecular formula is C43H77NO9. The van der Waals surface area contributed by atoms with Gasteiger partial charge in [-0.2, -0.15) is 0 Å². The number of rotatable bonds is 34. The van der Waals surface area contributed by atoms with Gasteiger partial charge in [-0.05, 0) is 37.8 Å². The number of hydrogen-bond acceptors (Lipinski definition) is 9. The molecule has 0 aromatic heterocycles. The van der Waals surface area contributed by atoms with Gasteiger partial charge in [0.15, 0.2) is 6.29 Å². The summed E-state index contributed by atoms with van der Waals surface area (Å²) >= 11 is 0. The molecule has 1 aliphatic heterocycles. The number of amides is 1. The summed E-state index contributed by atoms with van der Waals surface area (Å²) in [5, 5.41) is 42.3. The van der Waals surface area contributed by atoms with Crippen LogP contribution in [0.2, 0.25) is 0 Å². The molecule has 1 saturated heterocycles. The van der Waals surface area contributed by atoms with E-state index in [0.29, 0.717) is 49.8 Å². The molecule has 5 N–H and O–H groups in total. The van der Waals surface area contributed by atoms with Gasteiger partial charge in [0.25, 0.3) is 5.91 Å². The van der Waals surface area contributed by atoms with Crippen LogP contribution in [0.1, 0.15) is 178 Å². The zero-order valence-corrected chi connectivity index (χ0v) is 33.5. The van der Waals surface area contributed by atoms with Crippen molar-refractivity contribution in [3.05, 3.63) is 23.8 Å². The van der Waals surface area contributed by atoms with Crippen molar-refractivity contribution in [2.45, 2.75) is 199 Å². The van der Waals surface area contributed by atoms with Gasteiger partial charge < -0.3 is 44.7 Å². The molecule has 1 heterocycles. The van der Waals surface area contributed by atoms with Gasteiger partial charge in [-0.1, -0.05) is 142 Å². The number of carbonyl (C=O) groups excluding carboxylic acids is 1. The minimum absolute atomic E-state index is 0.149. The first-order valence-corrected chi connectivity index (χ1v) is 21.5. The lowest BCUT2D eigenvalue weighted by Gasteiger charge is -2.39. The van der Waals surface area contributed by atoms with Gasteiger partial charge in [0.05, 0.1) is 19.8 Å². The number of carbonyl (C=O) groups is 1. The van der Waals surface area contributed by atoms with Gasteiger partial charge in [-0.15, -0.1) is 0 Å². The van der Waals surface area contributed by atoms with Gasteiger partial charge in [0, 0.05) is 24.8 Å². The Morgan fingerprint density at radius 1 is 0.585 bits per heavy atom. The number of ether oxygens (including phenoxy) is 4. The number of aliphatic hydroxyl groups is 4. The molecule has 5 atom stereocenters. The summed E-state index contributed by atoms with van der Waals surface area (Å²) in [6, 6.07) is 5.54. The summed E-state index contributed by atoms with van der Waals surface area (Å²) < 4.78 is 23.2. The summed E-state index contributed by atoms with van der Waals surface area (Å²) in [5.41, 5.74) is 0.538. The van der Waals surface area contributed by atoms with Crippen molar-refractivity contribution in [1.82, 2.24) is 5.32 Å². The van der Waals surface area contributed by atoms with Crippen LogP contribution in [0, 0.1) is 0 Å². The Morgan fingerprint density at radius 3 is 1.49 bits per heavy atom. The Hall–Kier alpha value is -1.95. The van der Waals surface area contributed by atoms with E-state index in [2.05, 4.69) is 19.2 Å². The summed E-state index contributed by atoms with van der Waals surface area (Å²) in [4.78, 5) is 13.2. The molecule has 0 saturated carbocycles. The number of benzene rings is 1. The molecule has 2 rings (SSSR count). The van der Waals surface area contributed by atoms with E-state index < -0.39 is 37.3 Å². The lowest BCUT2D eigenvalue weighted by atomic mass is 9.99. The van der Waals surface area contributed by atoms with Crippen molar-refractivity contribution in [2.24, 2.45) is 0 Å². The SMILES string of the molecule is CCCCCCCCCCCCOc1cc(OCCCCCCCCCCCC)cc(C(=O)NCCCCCCO[C@@H]2O[C@H](CO)[C@@H](O)[C@H](O)[C@H]2O)c1. The molecule has 1 amide bonds. The average molecular weight is 752 g/mol. The molecule has 53 heavy (non-hydrogen) atoms. The Balaban J connectivity index is 1.72. The number of aliphatic hydroxyl groups excluding tert-OH is 4. The van der Waals surface area contributed by atoms with Crippen molar-refractivity contribution >= 4 is 5.91 Å². The van der Waals surface area contributed by atoms with Gasteiger partial charge in [0.1, 0.15) is 35.9 Å². The number of nitrogens with one attached hydrogen (secondary N) is 1. The summed E-state index contributed by atoms with van der Waals surface area (Å²) in [6.45, 7) is 6.10. The molecule has 0 spiro atoms. The fourth-order valence-corrected chi connectivity index (χ4v) is 6.72. The summed E-state index contributed by atoms with van der Waals surface area (Å²) in [5.74, 6) is 1.20. The summed E-state index contributed by atoms with van der Waals surface area (Å²) in [7, 11) is 0. The maximum Gasteiger partial charge on any atom is 0.251 e. The molecule has 0 radical (unpaired) electrons. The molecule has 1 aromatic rings. The molecule has 0 bridgehead atoms. The van der Waals surface area contributed by atoms with Crippen molar-refractivity contribution < 1.29 is 44.2 Å². The lowest BCUT2D eigenvalue weighted by Crippen LogP contribution is -2.59. The van der Waals surface area contributed by atoms with Crippen LogP contribution in [-0.4, -0.2) is 90.0 Å². The van der Waals surface area contributed by atoms with Crippen molar-refractivity contribution in [3.63, 3.8) is 0 Å².